The van der Waals surface area contributed by atoms with Gasteiger partial charge in [-0.1, -0.05) is 24.3 Å². The first-order valence-electron chi connectivity index (χ1n) is 8.15. The van der Waals surface area contributed by atoms with Gasteiger partial charge in [0.05, 0.1) is 24.6 Å². The molecule has 0 atom stereocenters. The molecule has 7 nitrogen and oxygen atoms in total. The van der Waals surface area contributed by atoms with Crippen LogP contribution in [-0.4, -0.2) is 40.2 Å². The Bertz CT molecular complexity index is 970. The van der Waals surface area contributed by atoms with Gasteiger partial charge in [-0.2, -0.15) is 0 Å². The Balaban J connectivity index is 2.35. The SMILES string of the molecule is COC(=O)c1ccccc1N(CC(=O)Nc1cc(C)ccc1C)S(C)(=O)=O. The van der Waals surface area contributed by atoms with Gasteiger partial charge in [-0.25, -0.2) is 13.2 Å². The highest BCUT2D eigenvalue weighted by atomic mass is 32.2. The van der Waals surface area contributed by atoms with Crippen LogP contribution in [0.25, 0.3) is 0 Å². The first-order valence-corrected chi connectivity index (χ1v) is 10.0. The fourth-order valence-electron chi connectivity index (χ4n) is 2.55. The molecule has 1 amide bonds. The number of ether oxygens (including phenoxy) is 1. The number of nitrogens with one attached hydrogen (secondary N) is 1. The minimum absolute atomic E-state index is 0.0601. The van der Waals surface area contributed by atoms with Crippen molar-refractivity contribution in [1.29, 1.82) is 0 Å². The molecule has 27 heavy (non-hydrogen) atoms. The molecule has 1 N–H and O–H groups in total. The van der Waals surface area contributed by atoms with Crippen molar-refractivity contribution >= 4 is 33.3 Å². The van der Waals surface area contributed by atoms with Crippen molar-refractivity contribution in [3.05, 3.63) is 59.2 Å². The van der Waals surface area contributed by atoms with E-state index in [2.05, 4.69) is 5.32 Å². The Morgan fingerprint density at radius 1 is 1.11 bits per heavy atom. The van der Waals surface area contributed by atoms with Gasteiger partial charge in [-0.15, -0.1) is 0 Å². The summed E-state index contributed by atoms with van der Waals surface area (Å²) in [5.41, 5.74) is 2.57. The van der Waals surface area contributed by atoms with Crippen molar-refractivity contribution in [3.63, 3.8) is 0 Å². The maximum Gasteiger partial charge on any atom is 0.340 e. The second-order valence-corrected chi connectivity index (χ2v) is 8.05. The molecular weight excluding hydrogens is 368 g/mol. The standard InChI is InChI=1S/C19H22N2O5S/c1-13-9-10-14(2)16(11-13)20-18(22)12-21(27(4,24)25)17-8-6-5-7-15(17)19(23)26-3/h5-11H,12H2,1-4H3,(H,20,22). The van der Waals surface area contributed by atoms with Crippen LogP contribution in [0.4, 0.5) is 11.4 Å². The molecule has 0 heterocycles. The zero-order chi connectivity index (χ0) is 20.2. The van der Waals surface area contributed by atoms with E-state index in [9.17, 15) is 18.0 Å². The summed E-state index contributed by atoms with van der Waals surface area (Å²) in [7, 11) is -2.62. The summed E-state index contributed by atoms with van der Waals surface area (Å²) < 4.78 is 30.2. The normalized spacial score (nSPS) is 11.0. The monoisotopic (exact) mass is 390 g/mol. The number of sulfonamides is 1. The van der Waals surface area contributed by atoms with Crippen LogP contribution in [0.1, 0.15) is 21.5 Å². The second-order valence-electron chi connectivity index (χ2n) is 6.14. The molecule has 2 rings (SSSR count). The Hall–Kier alpha value is -2.87. The van der Waals surface area contributed by atoms with Gasteiger partial charge in [0.15, 0.2) is 0 Å². The highest BCUT2D eigenvalue weighted by Crippen LogP contribution is 2.24. The van der Waals surface area contributed by atoms with Gasteiger partial charge in [0.25, 0.3) is 0 Å². The number of aryl methyl sites for hydroxylation is 2. The number of carbonyl (C=O) groups excluding carboxylic acids is 2. The lowest BCUT2D eigenvalue weighted by atomic mass is 10.1. The van der Waals surface area contributed by atoms with Crippen LogP contribution >= 0.6 is 0 Å². The molecule has 0 saturated carbocycles. The van der Waals surface area contributed by atoms with E-state index >= 15 is 0 Å². The van der Waals surface area contributed by atoms with Crippen molar-refractivity contribution in [2.24, 2.45) is 0 Å². The fraction of sp³-hybridized carbons (Fsp3) is 0.263. The summed E-state index contributed by atoms with van der Waals surface area (Å²) in [4.78, 5) is 24.5. The first-order chi connectivity index (χ1) is 12.6. The van der Waals surface area contributed by atoms with Crippen LogP contribution in [0.15, 0.2) is 42.5 Å². The van der Waals surface area contributed by atoms with Gasteiger partial charge in [0.1, 0.15) is 6.54 Å². The third-order valence-electron chi connectivity index (χ3n) is 3.93. The summed E-state index contributed by atoms with van der Waals surface area (Å²) in [5, 5.41) is 2.72. The number of para-hydroxylation sites is 1. The van der Waals surface area contributed by atoms with Gasteiger partial charge in [0.2, 0.25) is 15.9 Å². The number of benzene rings is 2. The molecule has 0 aliphatic rings. The van der Waals surface area contributed by atoms with E-state index in [1.807, 2.05) is 26.0 Å². The van der Waals surface area contributed by atoms with E-state index in [0.717, 1.165) is 21.7 Å². The maximum absolute atomic E-state index is 12.5. The van der Waals surface area contributed by atoms with Crippen LogP contribution < -0.4 is 9.62 Å². The summed E-state index contributed by atoms with van der Waals surface area (Å²) in [6.45, 7) is 3.26. The van der Waals surface area contributed by atoms with Crippen molar-refractivity contribution in [1.82, 2.24) is 0 Å². The van der Waals surface area contributed by atoms with E-state index in [1.165, 1.54) is 19.2 Å². The number of hydrogen-bond donors (Lipinski definition) is 1. The van der Waals surface area contributed by atoms with E-state index in [0.29, 0.717) is 5.69 Å². The topological polar surface area (TPSA) is 92.8 Å². The molecule has 2 aromatic rings. The average Bonchev–Trinajstić information content (AvgIpc) is 2.61. The molecule has 8 heteroatoms. The number of nitrogens with zero attached hydrogens (tertiary/aromatic N) is 1. The van der Waals surface area contributed by atoms with Gasteiger partial charge in [-0.05, 0) is 43.2 Å². The Kier molecular flexibility index (Phi) is 6.22. The molecule has 2 aromatic carbocycles. The lowest BCUT2D eigenvalue weighted by Crippen LogP contribution is -2.38. The highest BCUT2D eigenvalue weighted by molar-refractivity contribution is 7.92. The number of esters is 1. The molecule has 0 saturated heterocycles. The zero-order valence-electron chi connectivity index (χ0n) is 15.6. The minimum atomic E-state index is -3.82. The van der Waals surface area contributed by atoms with E-state index < -0.39 is 28.4 Å². The number of hydrogen-bond acceptors (Lipinski definition) is 5. The molecular formula is C19H22N2O5S. The quantitative estimate of drug-likeness (QED) is 0.765. The molecule has 0 aromatic heterocycles. The Morgan fingerprint density at radius 2 is 1.78 bits per heavy atom. The van der Waals surface area contributed by atoms with E-state index in [4.69, 9.17) is 4.74 Å². The first kappa shape index (κ1) is 20.4. The number of anilines is 2. The largest absolute Gasteiger partial charge is 0.465 e. The third-order valence-corrected chi connectivity index (χ3v) is 5.06. The van der Waals surface area contributed by atoms with Crippen LogP contribution in [-0.2, 0) is 19.6 Å². The van der Waals surface area contributed by atoms with E-state index in [-0.39, 0.29) is 11.3 Å². The fourth-order valence-corrected chi connectivity index (χ4v) is 3.41. The number of carbonyl (C=O) groups is 2. The maximum atomic E-state index is 12.5. The lowest BCUT2D eigenvalue weighted by molar-refractivity contribution is -0.114. The molecule has 144 valence electrons. The summed E-state index contributed by atoms with van der Waals surface area (Å²) in [5.74, 6) is -1.21. The number of methoxy groups -OCH3 is 1. The van der Waals surface area contributed by atoms with Crippen LogP contribution in [0.5, 0.6) is 0 Å². The predicted molar refractivity (Wildman–Crippen MR) is 105 cm³/mol. The molecule has 0 unspecified atom stereocenters. The van der Waals surface area contributed by atoms with Gasteiger partial charge in [0, 0.05) is 5.69 Å². The third kappa shape index (κ3) is 5.07. The molecule has 0 radical (unpaired) electrons. The molecule has 0 spiro atoms. The summed E-state index contributed by atoms with van der Waals surface area (Å²) in [6, 6.07) is 11.7. The van der Waals surface area contributed by atoms with Crippen molar-refractivity contribution in [2.75, 3.05) is 29.5 Å². The van der Waals surface area contributed by atoms with Gasteiger partial charge < -0.3 is 10.1 Å². The molecule has 0 bridgehead atoms. The molecule has 0 aliphatic carbocycles. The summed E-state index contributed by atoms with van der Waals surface area (Å²) >= 11 is 0. The smallest absolute Gasteiger partial charge is 0.340 e. The number of amides is 1. The highest BCUT2D eigenvalue weighted by Gasteiger charge is 2.25. The zero-order valence-corrected chi connectivity index (χ0v) is 16.5. The second kappa shape index (κ2) is 8.22. The average molecular weight is 390 g/mol. The van der Waals surface area contributed by atoms with Crippen molar-refractivity contribution in [3.8, 4) is 0 Å². The van der Waals surface area contributed by atoms with Gasteiger partial charge >= 0.3 is 5.97 Å². The van der Waals surface area contributed by atoms with E-state index in [1.54, 1.807) is 18.2 Å². The number of rotatable bonds is 6. The Morgan fingerprint density at radius 3 is 2.41 bits per heavy atom. The molecule has 0 fully saturated rings. The lowest BCUT2D eigenvalue weighted by Gasteiger charge is -2.24. The van der Waals surface area contributed by atoms with Crippen molar-refractivity contribution in [2.45, 2.75) is 13.8 Å². The predicted octanol–water partition coefficient (Wildman–Crippen LogP) is 2.49. The minimum Gasteiger partial charge on any atom is -0.465 e. The Labute approximate surface area is 159 Å². The van der Waals surface area contributed by atoms with Crippen LogP contribution in [0, 0.1) is 13.8 Å². The van der Waals surface area contributed by atoms with Crippen LogP contribution in [0.2, 0.25) is 0 Å². The molecule has 0 aliphatic heterocycles. The summed E-state index contributed by atoms with van der Waals surface area (Å²) in [6.07, 6.45) is 0.978. The van der Waals surface area contributed by atoms with Gasteiger partial charge in [-0.3, -0.25) is 9.10 Å². The van der Waals surface area contributed by atoms with Crippen molar-refractivity contribution < 1.29 is 22.7 Å². The van der Waals surface area contributed by atoms with Crippen LogP contribution in [0.3, 0.4) is 0 Å².